The minimum atomic E-state index is -0.981. The van der Waals surface area contributed by atoms with E-state index in [1.807, 2.05) is 36.1 Å². The number of carbonyl (C=O) groups excluding carboxylic acids is 1. The number of nitrogens with zero attached hydrogens (tertiary/aromatic N) is 1. The quantitative estimate of drug-likeness (QED) is 0.869. The van der Waals surface area contributed by atoms with Crippen molar-refractivity contribution in [3.05, 3.63) is 34.3 Å². The van der Waals surface area contributed by atoms with Gasteiger partial charge in [-0.05, 0) is 37.5 Å². The lowest BCUT2D eigenvalue weighted by molar-refractivity contribution is -0.137. The second-order valence-corrected chi connectivity index (χ2v) is 6.36. The average Bonchev–Trinajstić information content (AvgIpc) is 2.35. The van der Waals surface area contributed by atoms with Crippen molar-refractivity contribution < 1.29 is 4.79 Å². The van der Waals surface area contributed by atoms with Crippen molar-refractivity contribution in [1.29, 1.82) is 0 Å². The Labute approximate surface area is 136 Å². The maximum atomic E-state index is 12.6. The van der Waals surface area contributed by atoms with Gasteiger partial charge in [0.2, 0.25) is 5.91 Å². The molecule has 0 bridgehead atoms. The maximum absolute atomic E-state index is 12.6. The molecule has 5 heteroatoms. The van der Waals surface area contributed by atoms with E-state index >= 15 is 0 Å². The number of hydrogen-bond acceptors (Lipinski definition) is 2. The highest BCUT2D eigenvalue weighted by atomic mass is 79.9. The molecular formula is C15H24BrClN2O. The minimum Gasteiger partial charge on any atom is -0.341 e. The van der Waals surface area contributed by atoms with Crippen LogP contribution in [-0.4, -0.2) is 23.9 Å². The van der Waals surface area contributed by atoms with E-state index in [1.54, 1.807) is 6.92 Å². The molecule has 0 saturated heterocycles. The van der Waals surface area contributed by atoms with Gasteiger partial charge < -0.3 is 10.6 Å². The molecule has 0 radical (unpaired) electrons. The zero-order valence-corrected chi connectivity index (χ0v) is 14.9. The van der Waals surface area contributed by atoms with Crippen molar-refractivity contribution in [2.45, 2.75) is 33.2 Å². The van der Waals surface area contributed by atoms with Crippen molar-refractivity contribution >= 4 is 34.2 Å². The van der Waals surface area contributed by atoms with Gasteiger partial charge in [0.05, 0.1) is 0 Å². The van der Waals surface area contributed by atoms with Crippen molar-refractivity contribution in [3.8, 4) is 0 Å². The molecule has 1 aromatic rings. The number of likely N-dealkylation sites (N-methyl/N-ethyl adjacent to an activating group) is 1. The summed E-state index contributed by atoms with van der Waals surface area (Å²) in [6, 6.07) is 7.61. The lowest BCUT2D eigenvalue weighted by Gasteiger charge is -2.32. The zero-order valence-electron chi connectivity index (χ0n) is 12.5. The first kappa shape index (κ1) is 19.4. The number of rotatable bonds is 5. The van der Waals surface area contributed by atoms with E-state index in [0.717, 1.165) is 16.6 Å². The fourth-order valence-corrected chi connectivity index (χ4v) is 2.31. The monoisotopic (exact) mass is 362 g/mol. The highest BCUT2D eigenvalue weighted by Gasteiger charge is 2.34. The number of benzene rings is 1. The van der Waals surface area contributed by atoms with Crippen LogP contribution in [0.3, 0.4) is 0 Å². The summed E-state index contributed by atoms with van der Waals surface area (Å²) in [6.07, 6.45) is 0. The summed E-state index contributed by atoms with van der Waals surface area (Å²) in [6.45, 7) is 9.38. The summed E-state index contributed by atoms with van der Waals surface area (Å²) >= 11 is 3.39. The number of nitrogens with two attached hydrogens (primary N) is 1. The Morgan fingerprint density at radius 3 is 2.25 bits per heavy atom. The first-order chi connectivity index (χ1) is 8.78. The number of hydrogen-bond donors (Lipinski definition) is 1. The zero-order chi connectivity index (χ0) is 14.6. The van der Waals surface area contributed by atoms with Gasteiger partial charge in [-0.25, -0.2) is 0 Å². The summed E-state index contributed by atoms with van der Waals surface area (Å²) in [7, 11) is 0. The summed E-state index contributed by atoms with van der Waals surface area (Å²) in [5.74, 6) is 0.413. The van der Waals surface area contributed by atoms with Crippen LogP contribution in [-0.2, 0) is 10.3 Å². The molecule has 1 amide bonds. The normalized spacial score (nSPS) is 13.6. The fourth-order valence-electron chi connectivity index (χ4n) is 2.04. The third kappa shape index (κ3) is 4.76. The van der Waals surface area contributed by atoms with Gasteiger partial charge in [-0.3, -0.25) is 4.79 Å². The second-order valence-electron chi connectivity index (χ2n) is 5.45. The van der Waals surface area contributed by atoms with E-state index in [-0.39, 0.29) is 18.3 Å². The van der Waals surface area contributed by atoms with Crippen molar-refractivity contribution in [3.63, 3.8) is 0 Å². The molecule has 3 nitrogen and oxygen atoms in total. The average molecular weight is 364 g/mol. The Bertz CT molecular complexity index is 432. The van der Waals surface area contributed by atoms with Crippen molar-refractivity contribution in [1.82, 2.24) is 4.90 Å². The van der Waals surface area contributed by atoms with E-state index in [0.29, 0.717) is 12.5 Å². The predicted octanol–water partition coefficient (Wildman–Crippen LogP) is 3.55. The molecule has 0 aliphatic heterocycles. The highest BCUT2D eigenvalue weighted by Crippen LogP contribution is 2.23. The molecule has 1 unspecified atom stereocenters. The van der Waals surface area contributed by atoms with E-state index in [9.17, 15) is 4.79 Å². The van der Waals surface area contributed by atoms with Gasteiger partial charge in [0, 0.05) is 17.6 Å². The molecule has 0 aliphatic rings. The molecule has 0 heterocycles. The van der Waals surface area contributed by atoms with Crippen LogP contribution in [0.15, 0.2) is 28.7 Å². The Morgan fingerprint density at radius 2 is 1.85 bits per heavy atom. The van der Waals surface area contributed by atoms with E-state index < -0.39 is 5.54 Å². The molecule has 114 valence electrons. The van der Waals surface area contributed by atoms with Crippen LogP contribution < -0.4 is 5.73 Å². The Morgan fingerprint density at radius 1 is 1.35 bits per heavy atom. The smallest absolute Gasteiger partial charge is 0.246 e. The Hall–Kier alpha value is -0.580. The minimum absolute atomic E-state index is 0. The van der Waals surface area contributed by atoms with Crippen LogP contribution in [0.4, 0.5) is 0 Å². The largest absolute Gasteiger partial charge is 0.341 e. The van der Waals surface area contributed by atoms with Crippen LogP contribution >= 0.6 is 28.3 Å². The van der Waals surface area contributed by atoms with Gasteiger partial charge in [-0.1, -0.05) is 41.9 Å². The molecule has 2 N–H and O–H groups in total. The van der Waals surface area contributed by atoms with Crippen molar-refractivity contribution in [2.24, 2.45) is 11.7 Å². The third-order valence-electron chi connectivity index (χ3n) is 3.14. The SMILES string of the molecule is CCN(CC(C)C)C(=O)C(C)(N)c1ccc(Br)cc1.Cl. The number of carbonyl (C=O) groups is 1. The molecule has 1 rings (SSSR count). The van der Waals surface area contributed by atoms with Crippen LogP contribution in [0.5, 0.6) is 0 Å². The van der Waals surface area contributed by atoms with E-state index in [1.165, 1.54) is 0 Å². The van der Waals surface area contributed by atoms with Gasteiger partial charge in [0.1, 0.15) is 5.54 Å². The number of halogens is 2. The van der Waals surface area contributed by atoms with Crippen LogP contribution in [0, 0.1) is 5.92 Å². The maximum Gasteiger partial charge on any atom is 0.246 e. The van der Waals surface area contributed by atoms with E-state index in [2.05, 4.69) is 29.8 Å². The van der Waals surface area contributed by atoms with Crippen LogP contribution in [0.2, 0.25) is 0 Å². The van der Waals surface area contributed by atoms with Gasteiger partial charge >= 0.3 is 0 Å². The predicted molar refractivity (Wildman–Crippen MR) is 90.0 cm³/mol. The molecule has 0 aromatic heterocycles. The Balaban J connectivity index is 0.00000361. The number of amides is 1. The molecule has 0 saturated carbocycles. The van der Waals surface area contributed by atoms with Gasteiger partial charge in [0.25, 0.3) is 0 Å². The molecule has 1 atom stereocenters. The second kappa shape index (κ2) is 8.01. The van der Waals surface area contributed by atoms with Gasteiger partial charge in [-0.2, -0.15) is 0 Å². The summed E-state index contributed by atoms with van der Waals surface area (Å²) in [5, 5.41) is 0. The topological polar surface area (TPSA) is 46.3 Å². The van der Waals surface area contributed by atoms with Crippen LogP contribution in [0.1, 0.15) is 33.3 Å². The third-order valence-corrected chi connectivity index (χ3v) is 3.67. The summed E-state index contributed by atoms with van der Waals surface area (Å²) in [4.78, 5) is 14.4. The standard InChI is InChI=1S/C15H23BrN2O.ClH/c1-5-18(10-11(2)3)14(19)15(4,17)12-6-8-13(16)9-7-12;/h6-9,11H,5,10,17H2,1-4H3;1H. The molecule has 0 spiro atoms. The summed E-state index contributed by atoms with van der Waals surface area (Å²) < 4.78 is 0.981. The van der Waals surface area contributed by atoms with Crippen molar-refractivity contribution in [2.75, 3.05) is 13.1 Å². The molecule has 0 aliphatic carbocycles. The molecular weight excluding hydrogens is 340 g/mol. The van der Waals surface area contributed by atoms with Gasteiger partial charge in [-0.15, -0.1) is 12.4 Å². The molecule has 0 fully saturated rings. The lowest BCUT2D eigenvalue weighted by Crippen LogP contribution is -2.51. The fraction of sp³-hybridized carbons (Fsp3) is 0.533. The molecule has 20 heavy (non-hydrogen) atoms. The first-order valence-corrected chi connectivity index (χ1v) is 7.42. The Kier molecular flexibility index (Phi) is 7.78. The first-order valence-electron chi connectivity index (χ1n) is 6.63. The van der Waals surface area contributed by atoms with E-state index in [4.69, 9.17) is 5.73 Å². The highest BCUT2D eigenvalue weighted by molar-refractivity contribution is 9.10. The summed E-state index contributed by atoms with van der Waals surface area (Å²) in [5.41, 5.74) is 6.13. The molecule has 1 aromatic carbocycles. The van der Waals surface area contributed by atoms with Gasteiger partial charge in [0.15, 0.2) is 0 Å². The lowest BCUT2D eigenvalue weighted by atomic mass is 9.91. The van der Waals surface area contributed by atoms with Crippen LogP contribution in [0.25, 0.3) is 0 Å².